The maximum absolute atomic E-state index is 11.7. The maximum Gasteiger partial charge on any atom is 0.315 e. The van der Waals surface area contributed by atoms with Gasteiger partial charge in [-0.15, -0.1) is 11.3 Å². The number of benzene rings is 1. The number of carbonyl (C=O) groups excluding carboxylic acids is 1. The molecule has 22 heavy (non-hydrogen) atoms. The van der Waals surface area contributed by atoms with E-state index < -0.39 is 15.8 Å². The van der Waals surface area contributed by atoms with Crippen molar-refractivity contribution < 1.29 is 17.9 Å². The number of rotatable bonds is 5. The molecular weight excluding hydrogens is 322 g/mol. The number of aromatic nitrogens is 1. The summed E-state index contributed by atoms with van der Waals surface area (Å²) in [6.07, 6.45) is 1.17. The highest BCUT2D eigenvalue weighted by atomic mass is 32.2. The Kier molecular flexibility index (Phi) is 4.97. The van der Waals surface area contributed by atoms with Gasteiger partial charge in [-0.1, -0.05) is 12.1 Å². The lowest BCUT2D eigenvalue weighted by Gasteiger charge is -2.06. The third kappa shape index (κ3) is 3.72. The van der Waals surface area contributed by atoms with Crippen LogP contribution in [0.15, 0.2) is 34.5 Å². The molecule has 0 spiro atoms. The highest BCUT2D eigenvalue weighted by Gasteiger charge is 2.20. The second-order valence-corrected chi connectivity index (χ2v) is 7.75. The van der Waals surface area contributed by atoms with Gasteiger partial charge in [0.05, 0.1) is 17.2 Å². The summed E-state index contributed by atoms with van der Waals surface area (Å²) in [5.41, 5.74) is 1.36. The molecular formula is C15H17NO4S2. The van der Waals surface area contributed by atoms with Crippen molar-refractivity contribution in [2.24, 2.45) is 0 Å². The number of hydrogen-bond acceptors (Lipinski definition) is 6. The zero-order valence-corrected chi connectivity index (χ0v) is 14.2. The minimum absolute atomic E-state index is 0.248. The van der Waals surface area contributed by atoms with E-state index in [4.69, 9.17) is 4.74 Å². The molecule has 1 heterocycles. The first-order valence-electron chi connectivity index (χ1n) is 6.75. The van der Waals surface area contributed by atoms with Gasteiger partial charge in [0.2, 0.25) is 0 Å². The molecule has 0 amide bonds. The highest BCUT2D eigenvalue weighted by molar-refractivity contribution is 7.90. The van der Waals surface area contributed by atoms with Crippen LogP contribution in [0.5, 0.6) is 0 Å². The first-order valence-corrected chi connectivity index (χ1v) is 9.52. The van der Waals surface area contributed by atoms with Crippen molar-refractivity contribution in [1.82, 2.24) is 4.98 Å². The summed E-state index contributed by atoms with van der Waals surface area (Å²) in [4.78, 5) is 16.4. The Hall–Kier alpha value is -1.73. The highest BCUT2D eigenvalue weighted by Crippen LogP contribution is 2.28. The largest absolute Gasteiger partial charge is 0.465 e. The van der Waals surface area contributed by atoms with E-state index in [1.807, 2.05) is 5.38 Å². The fraction of sp³-hybridized carbons (Fsp3) is 0.333. The van der Waals surface area contributed by atoms with Crippen molar-refractivity contribution in [3.05, 3.63) is 34.7 Å². The minimum Gasteiger partial charge on any atom is -0.465 e. The summed E-state index contributed by atoms with van der Waals surface area (Å²) in [6.45, 7) is 3.83. The second-order valence-electron chi connectivity index (χ2n) is 4.84. The average molecular weight is 339 g/mol. The Morgan fingerprint density at radius 1 is 1.41 bits per heavy atom. The van der Waals surface area contributed by atoms with Crippen LogP contribution in [-0.4, -0.2) is 32.2 Å². The molecule has 1 aromatic heterocycles. The molecule has 1 atom stereocenters. The van der Waals surface area contributed by atoms with Crippen molar-refractivity contribution in [1.29, 1.82) is 0 Å². The summed E-state index contributed by atoms with van der Waals surface area (Å²) >= 11 is 1.36. The van der Waals surface area contributed by atoms with Crippen molar-refractivity contribution in [3.8, 4) is 11.3 Å². The van der Waals surface area contributed by atoms with Crippen LogP contribution in [0.25, 0.3) is 11.3 Å². The van der Waals surface area contributed by atoms with E-state index in [-0.39, 0.29) is 10.9 Å². The van der Waals surface area contributed by atoms with E-state index in [0.717, 1.165) is 0 Å². The molecule has 5 nitrogen and oxygen atoms in total. The number of carbonyl (C=O) groups is 1. The molecule has 0 aliphatic carbocycles. The SMILES string of the molecule is CCOC(=O)[C@H](C)c1nc(-c2cccc(S(C)(=O)=O)c2)cs1. The standard InChI is InChI=1S/C15H17NO4S2/c1-4-20-15(17)10(2)14-16-13(9-21-14)11-6-5-7-12(8-11)22(3,18)19/h5-10H,4H2,1-3H3/t10-/m1/s1. The fourth-order valence-electron chi connectivity index (χ4n) is 1.87. The molecule has 118 valence electrons. The van der Waals surface area contributed by atoms with Crippen LogP contribution in [-0.2, 0) is 19.4 Å². The van der Waals surface area contributed by atoms with Crippen LogP contribution in [0.3, 0.4) is 0 Å². The molecule has 0 saturated heterocycles. The van der Waals surface area contributed by atoms with Gasteiger partial charge >= 0.3 is 5.97 Å². The number of sulfone groups is 1. The van der Waals surface area contributed by atoms with Gasteiger partial charge in [-0.05, 0) is 26.0 Å². The molecule has 0 unspecified atom stereocenters. The zero-order chi connectivity index (χ0) is 16.3. The summed E-state index contributed by atoms with van der Waals surface area (Å²) in [7, 11) is -3.26. The van der Waals surface area contributed by atoms with E-state index in [1.54, 1.807) is 38.1 Å². The zero-order valence-electron chi connectivity index (χ0n) is 12.6. The van der Waals surface area contributed by atoms with Crippen LogP contribution < -0.4 is 0 Å². The Morgan fingerprint density at radius 2 is 2.14 bits per heavy atom. The maximum atomic E-state index is 11.7. The van der Waals surface area contributed by atoms with Gasteiger partial charge in [-0.3, -0.25) is 4.79 Å². The Balaban J connectivity index is 2.31. The van der Waals surface area contributed by atoms with Gasteiger partial charge in [0, 0.05) is 17.2 Å². The molecule has 0 aliphatic heterocycles. The topological polar surface area (TPSA) is 73.3 Å². The van der Waals surface area contributed by atoms with Crippen LogP contribution >= 0.6 is 11.3 Å². The Morgan fingerprint density at radius 3 is 2.77 bits per heavy atom. The van der Waals surface area contributed by atoms with E-state index in [2.05, 4.69) is 4.98 Å². The summed E-state index contributed by atoms with van der Waals surface area (Å²) < 4.78 is 28.2. The lowest BCUT2D eigenvalue weighted by molar-refractivity contribution is -0.144. The van der Waals surface area contributed by atoms with Crippen LogP contribution in [0.4, 0.5) is 0 Å². The molecule has 0 N–H and O–H groups in total. The van der Waals surface area contributed by atoms with Crippen LogP contribution in [0, 0.1) is 0 Å². The van der Waals surface area contributed by atoms with Gasteiger partial charge in [0.15, 0.2) is 9.84 Å². The van der Waals surface area contributed by atoms with Crippen molar-refractivity contribution in [3.63, 3.8) is 0 Å². The molecule has 2 rings (SSSR count). The third-order valence-electron chi connectivity index (χ3n) is 3.09. The Bertz CT molecular complexity index is 780. The van der Waals surface area contributed by atoms with E-state index in [1.165, 1.54) is 17.6 Å². The first-order chi connectivity index (χ1) is 10.3. The predicted molar refractivity (Wildman–Crippen MR) is 85.7 cm³/mol. The normalized spacial score (nSPS) is 12.9. The van der Waals surface area contributed by atoms with E-state index in [9.17, 15) is 13.2 Å². The third-order valence-corrected chi connectivity index (χ3v) is 5.23. The first kappa shape index (κ1) is 16.6. The molecule has 0 saturated carbocycles. The number of hydrogen-bond donors (Lipinski definition) is 0. The van der Waals surface area contributed by atoms with E-state index >= 15 is 0 Å². The van der Waals surface area contributed by atoms with E-state index in [0.29, 0.717) is 22.9 Å². The molecule has 2 aromatic rings. The van der Waals surface area contributed by atoms with Crippen molar-refractivity contribution in [2.45, 2.75) is 24.7 Å². The average Bonchev–Trinajstić information content (AvgIpc) is 2.95. The molecule has 0 fully saturated rings. The van der Waals surface area contributed by atoms with Crippen molar-refractivity contribution >= 4 is 27.1 Å². The van der Waals surface area contributed by atoms with Crippen LogP contribution in [0.1, 0.15) is 24.8 Å². The van der Waals surface area contributed by atoms with Gasteiger partial charge in [0.1, 0.15) is 10.9 Å². The minimum atomic E-state index is -3.26. The summed E-state index contributed by atoms with van der Waals surface area (Å²) in [5.74, 6) is -0.745. The molecule has 0 aliphatic rings. The van der Waals surface area contributed by atoms with Crippen molar-refractivity contribution in [2.75, 3.05) is 12.9 Å². The molecule has 1 aromatic carbocycles. The predicted octanol–water partition coefficient (Wildman–Crippen LogP) is 2.88. The Labute approximate surface area is 133 Å². The number of esters is 1. The van der Waals surface area contributed by atoms with Gasteiger partial charge < -0.3 is 4.74 Å². The lowest BCUT2D eigenvalue weighted by Crippen LogP contribution is -2.12. The fourth-order valence-corrected chi connectivity index (χ4v) is 3.41. The summed E-state index contributed by atoms with van der Waals surface area (Å²) in [6, 6.07) is 6.61. The lowest BCUT2D eigenvalue weighted by atomic mass is 10.1. The monoisotopic (exact) mass is 339 g/mol. The second kappa shape index (κ2) is 6.58. The number of ether oxygens (including phenoxy) is 1. The van der Waals surface area contributed by atoms with Gasteiger partial charge in [-0.2, -0.15) is 0 Å². The molecule has 7 heteroatoms. The molecule has 0 bridgehead atoms. The quantitative estimate of drug-likeness (QED) is 0.783. The number of thiazole rings is 1. The summed E-state index contributed by atoms with van der Waals surface area (Å²) in [5, 5.41) is 2.46. The smallest absolute Gasteiger partial charge is 0.315 e. The number of nitrogens with zero attached hydrogens (tertiary/aromatic N) is 1. The molecule has 0 radical (unpaired) electrons. The van der Waals surface area contributed by atoms with Gasteiger partial charge in [-0.25, -0.2) is 13.4 Å². The van der Waals surface area contributed by atoms with Gasteiger partial charge in [0.25, 0.3) is 0 Å². The van der Waals surface area contributed by atoms with Crippen LogP contribution in [0.2, 0.25) is 0 Å².